The van der Waals surface area contributed by atoms with Gasteiger partial charge < -0.3 is 4.74 Å². The fraction of sp³-hybridized carbons (Fsp3) is 0.133. The van der Waals surface area contributed by atoms with Gasteiger partial charge in [-0.05, 0) is 45.8 Å². The Labute approximate surface area is 132 Å². The van der Waals surface area contributed by atoms with Crippen molar-refractivity contribution < 1.29 is 13.9 Å². The van der Waals surface area contributed by atoms with Crippen molar-refractivity contribution >= 4 is 37.6 Å². The fourth-order valence-corrected chi connectivity index (χ4v) is 3.13. The predicted octanol–water partition coefficient (Wildman–Crippen LogP) is 4.52. The molecule has 1 heterocycles. The summed E-state index contributed by atoms with van der Waals surface area (Å²) < 4.78 is 20.7. The van der Waals surface area contributed by atoms with Gasteiger partial charge in [-0.25, -0.2) is 4.39 Å². The van der Waals surface area contributed by atoms with E-state index in [2.05, 4.69) is 31.9 Å². The maximum absolute atomic E-state index is 14.1. The van der Waals surface area contributed by atoms with E-state index in [4.69, 9.17) is 4.74 Å². The second-order valence-electron chi connectivity index (χ2n) is 4.47. The molecule has 0 radical (unpaired) electrons. The molecule has 0 aliphatic carbocycles. The molecule has 0 aromatic heterocycles. The second kappa shape index (κ2) is 5.30. The number of fused-ring (bicyclic) bond motifs is 1. The summed E-state index contributed by atoms with van der Waals surface area (Å²) in [4.78, 5) is 12.6. The lowest BCUT2D eigenvalue weighted by Gasteiger charge is -2.09. The molecule has 5 heteroatoms. The van der Waals surface area contributed by atoms with Crippen molar-refractivity contribution in [1.29, 1.82) is 0 Å². The largest absolute Gasteiger partial charge is 0.492 e. The van der Waals surface area contributed by atoms with Gasteiger partial charge in [0.25, 0.3) is 0 Å². The molecule has 2 nitrogen and oxygen atoms in total. The first-order valence-corrected chi connectivity index (χ1v) is 7.60. The van der Waals surface area contributed by atoms with Crippen LogP contribution in [0.4, 0.5) is 4.39 Å². The zero-order chi connectivity index (χ0) is 14.3. The van der Waals surface area contributed by atoms with Crippen LogP contribution in [0.15, 0.2) is 39.3 Å². The number of carbonyl (C=O) groups is 1. The second-order valence-corrected chi connectivity index (χ2v) is 6.24. The topological polar surface area (TPSA) is 26.3 Å². The molecule has 0 N–H and O–H groups in total. The Kier molecular flexibility index (Phi) is 3.65. The van der Waals surface area contributed by atoms with Crippen molar-refractivity contribution in [3.05, 3.63) is 61.8 Å². The molecule has 0 amide bonds. The van der Waals surface area contributed by atoms with Crippen molar-refractivity contribution in [1.82, 2.24) is 0 Å². The lowest BCUT2D eigenvalue weighted by Crippen LogP contribution is -2.06. The zero-order valence-electron chi connectivity index (χ0n) is 10.3. The molecule has 0 unspecified atom stereocenters. The van der Waals surface area contributed by atoms with Crippen LogP contribution < -0.4 is 4.74 Å². The molecule has 0 bridgehead atoms. The molecule has 0 saturated carbocycles. The normalized spacial score (nSPS) is 12.9. The lowest BCUT2D eigenvalue weighted by atomic mass is 9.99. The third-order valence-electron chi connectivity index (χ3n) is 3.19. The first-order chi connectivity index (χ1) is 9.58. The van der Waals surface area contributed by atoms with Crippen LogP contribution in [0.25, 0.3) is 0 Å². The number of benzene rings is 2. The maximum atomic E-state index is 14.1. The van der Waals surface area contributed by atoms with Gasteiger partial charge >= 0.3 is 0 Å². The number of ketones is 1. The zero-order valence-corrected chi connectivity index (χ0v) is 13.4. The lowest BCUT2D eigenvalue weighted by molar-refractivity contribution is 0.103. The Morgan fingerprint density at radius 1 is 1.20 bits per heavy atom. The molecule has 102 valence electrons. The summed E-state index contributed by atoms with van der Waals surface area (Å²) in [6.07, 6.45) is 0.760. The number of rotatable bonds is 2. The predicted molar refractivity (Wildman–Crippen MR) is 80.9 cm³/mol. The molecule has 20 heavy (non-hydrogen) atoms. The van der Waals surface area contributed by atoms with Gasteiger partial charge in [-0.1, -0.05) is 22.0 Å². The first-order valence-electron chi connectivity index (χ1n) is 6.02. The summed E-state index contributed by atoms with van der Waals surface area (Å²) in [6.45, 7) is 0.549. The number of hydrogen-bond acceptors (Lipinski definition) is 2. The van der Waals surface area contributed by atoms with Gasteiger partial charge in [-0.15, -0.1) is 0 Å². The standard InChI is InChI=1S/C15H9Br2FO2/c16-9-6-8-4-5-20-15(8)11(7-9)14(19)10-2-1-3-12(17)13(10)18/h1-3,6-7H,4-5H2. The molecule has 0 fully saturated rings. The van der Waals surface area contributed by atoms with E-state index in [0.29, 0.717) is 17.9 Å². The Hall–Kier alpha value is -1.20. The van der Waals surface area contributed by atoms with E-state index in [0.717, 1.165) is 16.5 Å². The number of ether oxygens (including phenoxy) is 1. The van der Waals surface area contributed by atoms with Gasteiger partial charge in [0.15, 0.2) is 5.78 Å². The van der Waals surface area contributed by atoms with Crippen molar-refractivity contribution in [2.24, 2.45) is 0 Å². The van der Waals surface area contributed by atoms with Crippen LogP contribution in [0.3, 0.4) is 0 Å². The minimum absolute atomic E-state index is 0.0372. The maximum Gasteiger partial charge on any atom is 0.199 e. The highest BCUT2D eigenvalue weighted by Crippen LogP contribution is 2.35. The highest BCUT2D eigenvalue weighted by Gasteiger charge is 2.24. The first kappa shape index (κ1) is 13.8. The molecule has 1 aliphatic rings. The number of halogens is 3. The molecule has 2 aromatic carbocycles. The van der Waals surface area contributed by atoms with Gasteiger partial charge in [0.05, 0.1) is 22.2 Å². The van der Waals surface area contributed by atoms with Crippen LogP contribution in [0.5, 0.6) is 5.75 Å². The molecular formula is C15H9Br2FO2. The van der Waals surface area contributed by atoms with Gasteiger partial charge in [-0.2, -0.15) is 0 Å². The minimum Gasteiger partial charge on any atom is -0.492 e. The Bertz CT molecular complexity index is 713. The summed E-state index contributed by atoms with van der Waals surface area (Å²) >= 11 is 6.47. The highest BCUT2D eigenvalue weighted by atomic mass is 79.9. The molecular weight excluding hydrogens is 391 g/mol. The molecule has 1 aliphatic heterocycles. The molecule has 2 aromatic rings. The molecule has 0 saturated heterocycles. The van der Waals surface area contributed by atoms with E-state index < -0.39 is 5.82 Å². The van der Waals surface area contributed by atoms with Gasteiger partial charge in [-0.3, -0.25) is 4.79 Å². The van der Waals surface area contributed by atoms with E-state index in [1.807, 2.05) is 6.07 Å². The van der Waals surface area contributed by atoms with Gasteiger partial charge in [0, 0.05) is 10.9 Å². The quantitative estimate of drug-likeness (QED) is 0.694. The smallest absolute Gasteiger partial charge is 0.199 e. The third-order valence-corrected chi connectivity index (χ3v) is 4.26. The highest BCUT2D eigenvalue weighted by molar-refractivity contribution is 9.10. The third kappa shape index (κ3) is 2.29. The van der Waals surface area contributed by atoms with E-state index in [1.165, 1.54) is 6.07 Å². The summed E-state index contributed by atoms with van der Waals surface area (Å²) in [7, 11) is 0. The molecule has 0 spiro atoms. The van der Waals surface area contributed by atoms with Crippen LogP contribution in [-0.2, 0) is 6.42 Å². The molecule has 3 rings (SSSR count). The van der Waals surface area contributed by atoms with Crippen LogP contribution in [-0.4, -0.2) is 12.4 Å². The van der Waals surface area contributed by atoms with Crippen molar-refractivity contribution in [2.45, 2.75) is 6.42 Å². The van der Waals surface area contributed by atoms with Gasteiger partial charge in [0.2, 0.25) is 0 Å². The number of hydrogen-bond donors (Lipinski definition) is 0. The van der Waals surface area contributed by atoms with Crippen LogP contribution in [0.2, 0.25) is 0 Å². The summed E-state index contributed by atoms with van der Waals surface area (Å²) in [5, 5.41) is 0. The van der Waals surface area contributed by atoms with E-state index in [9.17, 15) is 9.18 Å². The van der Waals surface area contributed by atoms with Crippen molar-refractivity contribution in [3.8, 4) is 5.75 Å². The van der Waals surface area contributed by atoms with Crippen molar-refractivity contribution in [2.75, 3.05) is 6.61 Å². The Morgan fingerprint density at radius 2 is 2.00 bits per heavy atom. The monoisotopic (exact) mass is 398 g/mol. The molecule has 0 atom stereocenters. The Balaban J connectivity index is 2.14. The SMILES string of the molecule is O=C(c1cccc(Br)c1F)c1cc(Br)cc2c1OCC2. The van der Waals surface area contributed by atoms with Crippen LogP contribution in [0, 0.1) is 5.82 Å². The number of carbonyl (C=O) groups excluding carboxylic acids is 1. The fourth-order valence-electron chi connectivity index (χ4n) is 2.26. The van der Waals surface area contributed by atoms with E-state index in [1.54, 1.807) is 18.2 Å². The Morgan fingerprint density at radius 3 is 2.80 bits per heavy atom. The minimum atomic E-state index is -0.552. The van der Waals surface area contributed by atoms with E-state index in [-0.39, 0.29) is 15.8 Å². The summed E-state index contributed by atoms with van der Waals surface area (Å²) in [5.41, 5.74) is 1.40. The van der Waals surface area contributed by atoms with Crippen LogP contribution >= 0.6 is 31.9 Å². The van der Waals surface area contributed by atoms with E-state index >= 15 is 0 Å². The average molecular weight is 400 g/mol. The summed E-state index contributed by atoms with van der Waals surface area (Å²) in [5.74, 6) is -0.356. The van der Waals surface area contributed by atoms with Crippen LogP contribution in [0.1, 0.15) is 21.5 Å². The average Bonchev–Trinajstić information content (AvgIpc) is 2.88. The summed E-state index contributed by atoms with van der Waals surface area (Å²) in [6, 6.07) is 8.28. The van der Waals surface area contributed by atoms with Crippen molar-refractivity contribution in [3.63, 3.8) is 0 Å². The van der Waals surface area contributed by atoms with Gasteiger partial charge in [0.1, 0.15) is 11.6 Å².